The predicted molar refractivity (Wildman–Crippen MR) is 106 cm³/mol. The molecule has 0 amide bonds. The average molecular weight is 356 g/mol. The van der Waals surface area contributed by atoms with Crippen molar-refractivity contribution in [1.29, 1.82) is 0 Å². The largest absolute Gasteiger partial charge is 0.308 e. The SMILES string of the molecule is c1ccc(C2CN(Cc3ccc(CN4CCCCC4)s3)CCN2)cc1. The summed E-state index contributed by atoms with van der Waals surface area (Å²) in [5, 5.41) is 3.67. The molecule has 2 aliphatic heterocycles. The first-order valence-electron chi connectivity index (χ1n) is 9.67. The number of hydrogen-bond acceptors (Lipinski definition) is 4. The molecule has 0 radical (unpaired) electrons. The number of hydrogen-bond donors (Lipinski definition) is 1. The molecule has 2 saturated heterocycles. The summed E-state index contributed by atoms with van der Waals surface area (Å²) in [5.74, 6) is 0. The molecule has 1 atom stereocenters. The van der Waals surface area contributed by atoms with Crippen LogP contribution in [0.1, 0.15) is 40.6 Å². The Hall–Kier alpha value is -1.20. The molecule has 0 bridgehead atoms. The van der Waals surface area contributed by atoms with Crippen molar-refractivity contribution in [3.05, 3.63) is 57.8 Å². The Morgan fingerprint density at radius 2 is 1.56 bits per heavy atom. The van der Waals surface area contributed by atoms with Crippen molar-refractivity contribution >= 4 is 11.3 Å². The molecule has 2 aliphatic rings. The average Bonchev–Trinajstić information content (AvgIpc) is 3.10. The summed E-state index contributed by atoms with van der Waals surface area (Å²) in [4.78, 5) is 8.27. The molecule has 134 valence electrons. The summed E-state index contributed by atoms with van der Waals surface area (Å²) in [6.07, 6.45) is 4.16. The molecule has 0 spiro atoms. The van der Waals surface area contributed by atoms with E-state index in [1.165, 1.54) is 47.7 Å². The molecule has 2 aromatic rings. The van der Waals surface area contributed by atoms with Crippen LogP contribution in [-0.4, -0.2) is 42.5 Å². The second kappa shape index (κ2) is 8.45. The third kappa shape index (κ3) is 4.70. The fourth-order valence-electron chi connectivity index (χ4n) is 4.01. The Kier molecular flexibility index (Phi) is 5.83. The van der Waals surface area contributed by atoms with Gasteiger partial charge >= 0.3 is 0 Å². The van der Waals surface area contributed by atoms with Crippen molar-refractivity contribution in [2.45, 2.75) is 38.4 Å². The van der Waals surface area contributed by atoms with E-state index in [9.17, 15) is 0 Å². The molecular weight excluding hydrogens is 326 g/mol. The molecule has 3 heterocycles. The molecule has 1 unspecified atom stereocenters. The van der Waals surface area contributed by atoms with E-state index >= 15 is 0 Å². The fourth-order valence-corrected chi connectivity index (χ4v) is 5.12. The van der Waals surface area contributed by atoms with Crippen LogP contribution in [0.3, 0.4) is 0 Å². The quantitative estimate of drug-likeness (QED) is 0.878. The van der Waals surface area contributed by atoms with Crippen molar-refractivity contribution in [1.82, 2.24) is 15.1 Å². The Balaban J connectivity index is 1.32. The van der Waals surface area contributed by atoms with Gasteiger partial charge < -0.3 is 5.32 Å². The second-order valence-electron chi connectivity index (χ2n) is 7.36. The first-order valence-corrected chi connectivity index (χ1v) is 10.5. The summed E-state index contributed by atoms with van der Waals surface area (Å²) in [6.45, 7) is 8.12. The first kappa shape index (κ1) is 17.2. The van der Waals surface area contributed by atoms with E-state index in [1.807, 2.05) is 11.3 Å². The van der Waals surface area contributed by atoms with Gasteiger partial charge in [-0.25, -0.2) is 0 Å². The number of rotatable bonds is 5. The number of thiophene rings is 1. The van der Waals surface area contributed by atoms with Crippen molar-refractivity contribution < 1.29 is 0 Å². The molecule has 1 aromatic heterocycles. The summed E-state index contributed by atoms with van der Waals surface area (Å²) in [5.41, 5.74) is 1.41. The minimum Gasteiger partial charge on any atom is -0.308 e. The van der Waals surface area contributed by atoms with Crippen LogP contribution in [0.5, 0.6) is 0 Å². The third-order valence-corrected chi connectivity index (χ3v) is 6.44. The van der Waals surface area contributed by atoms with Crippen molar-refractivity contribution in [3.63, 3.8) is 0 Å². The van der Waals surface area contributed by atoms with Gasteiger partial charge in [-0.15, -0.1) is 11.3 Å². The van der Waals surface area contributed by atoms with Crippen LogP contribution < -0.4 is 5.32 Å². The second-order valence-corrected chi connectivity index (χ2v) is 8.61. The lowest BCUT2D eigenvalue weighted by Gasteiger charge is -2.33. The van der Waals surface area contributed by atoms with Crippen LogP contribution in [0, 0.1) is 0 Å². The minimum atomic E-state index is 0.461. The van der Waals surface area contributed by atoms with Crippen LogP contribution in [0.4, 0.5) is 0 Å². The Labute approximate surface area is 155 Å². The molecule has 1 aromatic carbocycles. The zero-order valence-electron chi connectivity index (χ0n) is 15.0. The highest BCUT2D eigenvalue weighted by atomic mass is 32.1. The highest BCUT2D eigenvalue weighted by Gasteiger charge is 2.21. The fraction of sp³-hybridized carbons (Fsp3) is 0.524. The molecule has 1 N–H and O–H groups in total. The standard InChI is InChI=1S/C21H29N3S/c1-3-7-18(8-4-1)21-17-24(14-11-22-21)16-20-10-9-19(25-20)15-23-12-5-2-6-13-23/h1,3-4,7-10,21-22H,2,5-6,11-17H2. The van der Waals surface area contributed by atoms with Gasteiger partial charge in [-0.2, -0.15) is 0 Å². The molecule has 25 heavy (non-hydrogen) atoms. The predicted octanol–water partition coefficient (Wildman–Crippen LogP) is 3.88. The molecule has 0 aliphatic carbocycles. The summed E-state index contributed by atoms with van der Waals surface area (Å²) in [6, 6.07) is 16.0. The Morgan fingerprint density at radius 3 is 2.32 bits per heavy atom. The van der Waals surface area contributed by atoms with Crippen molar-refractivity contribution in [2.24, 2.45) is 0 Å². The van der Waals surface area contributed by atoms with Gasteiger partial charge in [0.05, 0.1) is 0 Å². The van der Waals surface area contributed by atoms with Gasteiger partial charge in [-0.05, 0) is 43.6 Å². The minimum absolute atomic E-state index is 0.461. The van der Waals surface area contributed by atoms with Crippen molar-refractivity contribution in [2.75, 3.05) is 32.7 Å². The normalized spacial score (nSPS) is 23.0. The van der Waals surface area contributed by atoms with Gasteiger partial charge in [0.2, 0.25) is 0 Å². The molecule has 4 rings (SSSR count). The van der Waals surface area contributed by atoms with Gasteiger partial charge in [-0.3, -0.25) is 9.80 Å². The summed E-state index contributed by atoms with van der Waals surface area (Å²) < 4.78 is 0. The van der Waals surface area contributed by atoms with E-state index in [-0.39, 0.29) is 0 Å². The third-order valence-electron chi connectivity index (χ3n) is 5.39. The van der Waals surface area contributed by atoms with Crippen LogP contribution in [0.25, 0.3) is 0 Å². The maximum atomic E-state index is 3.67. The molecule has 4 heteroatoms. The van der Waals surface area contributed by atoms with Gasteiger partial charge in [0.25, 0.3) is 0 Å². The maximum Gasteiger partial charge on any atom is 0.0449 e. The number of nitrogens with one attached hydrogen (secondary N) is 1. The van der Waals surface area contributed by atoms with Gasteiger partial charge in [0.1, 0.15) is 0 Å². The number of benzene rings is 1. The summed E-state index contributed by atoms with van der Waals surface area (Å²) >= 11 is 2.01. The highest BCUT2D eigenvalue weighted by Crippen LogP contribution is 2.24. The zero-order valence-corrected chi connectivity index (χ0v) is 15.8. The smallest absolute Gasteiger partial charge is 0.0449 e. The molecule has 3 nitrogen and oxygen atoms in total. The zero-order chi connectivity index (χ0) is 16.9. The monoisotopic (exact) mass is 355 g/mol. The van der Waals surface area contributed by atoms with Crippen LogP contribution in [0.15, 0.2) is 42.5 Å². The van der Waals surface area contributed by atoms with Crippen LogP contribution in [-0.2, 0) is 13.1 Å². The number of piperidine rings is 1. The lowest BCUT2D eigenvalue weighted by atomic mass is 10.0. The van der Waals surface area contributed by atoms with Crippen LogP contribution >= 0.6 is 11.3 Å². The maximum absolute atomic E-state index is 3.67. The topological polar surface area (TPSA) is 18.5 Å². The highest BCUT2D eigenvalue weighted by molar-refractivity contribution is 7.11. The van der Waals surface area contributed by atoms with E-state index in [0.29, 0.717) is 6.04 Å². The number of nitrogens with zero attached hydrogens (tertiary/aromatic N) is 2. The van der Waals surface area contributed by atoms with E-state index in [0.717, 1.165) is 32.7 Å². The molecule has 0 saturated carbocycles. The lowest BCUT2D eigenvalue weighted by molar-refractivity contribution is 0.195. The van der Waals surface area contributed by atoms with Gasteiger partial charge in [0.15, 0.2) is 0 Å². The Morgan fingerprint density at radius 1 is 0.840 bits per heavy atom. The van der Waals surface area contributed by atoms with Crippen molar-refractivity contribution in [3.8, 4) is 0 Å². The van der Waals surface area contributed by atoms with Gasteiger partial charge in [0, 0.05) is 48.5 Å². The molecular formula is C21H29N3S. The van der Waals surface area contributed by atoms with Gasteiger partial charge in [-0.1, -0.05) is 36.8 Å². The lowest BCUT2D eigenvalue weighted by Crippen LogP contribution is -2.45. The van der Waals surface area contributed by atoms with E-state index in [2.05, 4.69) is 57.6 Å². The first-order chi connectivity index (χ1) is 12.4. The summed E-state index contributed by atoms with van der Waals surface area (Å²) in [7, 11) is 0. The Bertz CT molecular complexity index is 648. The van der Waals surface area contributed by atoms with E-state index < -0.39 is 0 Å². The number of likely N-dealkylation sites (tertiary alicyclic amines) is 1. The van der Waals surface area contributed by atoms with E-state index in [4.69, 9.17) is 0 Å². The molecule has 2 fully saturated rings. The van der Waals surface area contributed by atoms with Crippen LogP contribution in [0.2, 0.25) is 0 Å². The van der Waals surface area contributed by atoms with E-state index in [1.54, 1.807) is 0 Å². The number of piperazine rings is 1.